The first kappa shape index (κ1) is 31.1. The molecule has 2 aliphatic heterocycles. The minimum absolute atomic E-state index is 0. The fraction of sp³-hybridized carbons (Fsp3) is 0.538. The topological polar surface area (TPSA) is 97.1 Å². The molecular formula is C26H34F4KN7. The number of nitrogens with two attached hydrogens (primary N) is 1. The second kappa shape index (κ2) is 13.3. The fourth-order valence-corrected chi connectivity index (χ4v) is 5.29. The molecule has 0 aliphatic carbocycles. The maximum Gasteiger partial charge on any atom is 1.00 e. The summed E-state index contributed by atoms with van der Waals surface area (Å²) in [5.74, 6) is 0.412. The summed E-state index contributed by atoms with van der Waals surface area (Å²) < 4.78 is 56.1. The van der Waals surface area contributed by atoms with Crippen LogP contribution in [0.3, 0.4) is 0 Å². The third-order valence-electron chi connectivity index (χ3n) is 7.40. The van der Waals surface area contributed by atoms with Crippen molar-refractivity contribution < 1.29 is 68.9 Å². The molecular weight excluding hydrogens is 525 g/mol. The molecule has 1 aromatic carbocycles. The summed E-state index contributed by atoms with van der Waals surface area (Å²) in [6.45, 7) is 4.96. The Morgan fingerprint density at radius 1 is 1.18 bits per heavy atom. The average Bonchev–Trinajstić information content (AvgIpc) is 3.34. The Morgan fingerprint density at radius 2 is 1.84 bits per heavy atom. The quantitative estimate of drug-likeness (QED) is 0.219. The van der Waals surface area contributed by atoms with Gasteiger partial charge in [-0.05, 0) is 69.0 Å². The number of benzene rings is 1. The summed E-state index contributed by atoms with van der Waals surface area (Å²) in [7, 11) is 1.61. The predicted octanol–water partition coefficient (Wildman–Crippen LogP) is 2.38. The molecule has 3 heterocycles. The Bertz CT molecular complexity index is 1150. The normalized spacial score (nSPS) is 18.1. The smallest absolute Gasteiger partial charge is 0.495 e. The van der Waals surface area contributed by atoms with Crippen molar-refractivity contribution in [2.45, 2.75) is 57.2 Å². The summed E-state index contributed by atoms with van der Waals surface area (Å²) >= 11 is 0. The molecule has 7 nitrogen and oxygen atoms in total. The summed E-state index contributed by atoms with van der Waals surface area (Å²) in [6, 6.07) is 3.25. The molecule has 0 amide bonds. The standard InChI is InChI=1S/C26H34F4N7.K/c1-3-19(23(31)33-2)24(32)36-12-8-16(9-13-36)25-35-22(15-37(25)18-6-10-34-11-7-18)17-4-5-21(27)20(14-17)26(28,29)30;/h4-5,14-16,18,32,34H,3,6-13,31H2,1-2H3;/q-1;+1/b23-19-,32-24?;. The third-order valence-corrected chi connectivity index (χ3v) is 7.40. The van der Waals surface area contributed by atoms with E-state index in [1.165, 1.54) is 6.07 Å². The first-order valence-corrected chi connectivity index (χ1v) is 12.7. The van der Waals surface area contributed by atoms with Crippen LogP contribution in [0.25, 0.3) is 16.6 Å². The first-order chi connectivity index (χ1) is 17.6. The van der Waals surface area contributed by atoms with Gasteiger partial charge in [0.2, 0.25) is 0 Å². The van der Waals surface area contributed by atoms with Gasteiger partial charge in [0.05, 0.1) is 11.3 Å². The number of aromatic nitrogens is 2. The monoisotopic (exact) mass is 559 g/mol. The zero-order valence-electron chi connectivity index (χ0n) is 22.2. The number of nitrogens with one attached hydrogen (secondary N) is 2. The molecule has 4 N–H and O–H groups in total. The number of rotatable bonds is 6. The Hall–Kier alpha value is -1.44. The van der Waals surface area contributed by atoms with E-state index in [4.69, 9.17) is 16.1 Å². The first-order valence-electron chi connectivity index (χ1n) is 12.7. The van der Waals surface area contributed by atoms with Gasteiger partial charge < -0.3 is 25.8 Å². The maximum atomic E-state index is 13.9. The van der Waals surface area contributed by atoms with E-state index in [1.54, 1.807) is 7.05 Å². The maximum absolute atomic E-state index is 13.9. The molecule has 2 fully saturated rings. The van der Waals surface area contributed by atoms with Crippen molar-refractivity contribution in [3.63, 3.8) is 0 Å². The molecule has 0 radical (unpaired) electrons. The minimum Gasteiger partial charge on any atom is -0.495 e. The van der Waals surface area contributed by atoms with Crippen molar-refractivity contribution in [1.82, 2.24) is 19.8 Å². The van der Waals surface area contributed by atoms with Crippen LogP contribution in [0.2, 0.25) is 0 Å². The predicted molar refractivity (Wildman–Crippen MR) is 136 cm³/mol. The van der Waals surface area contributed by atoms with Crippen LogP contribution in [0.1, 0.15) is 62.4 Å². The molecule has 38 heavy (non-hydrogen) atoms. The second-order valence-corrected chi connectivity index (χ2v) is 9.62. The van der Waals surface area contributed by atoms with Gasteiger partial charge >= 0.3 is 57.6 Å². The van der Waals surface area contributed by atoms with Gasteiger partial charge in [-0.2, -0.15) is 13.2 Å². The Kier molecular flexibility index (Phi) is 10.9. The van der Waals surface area contributed by atoms with Crippen LogP contribution in [0.4, 0.5) is 17.6 Å². The van der Waals surface area contributed by atoms with Gasteiger partial charge in [-0.1, -0.05) is 19.8 Å². The molecule has 0 saturated carbocycles. The van der Waals surface area contributed by atoms with E-state index < -0.39 is 17.6 Å². The zero-order chi connectivity index (χ0) is 26.7. The Labute approximate surface area is 263 Å². The van der Waals surface area contributed by atoms with Crippen LogP contribution in [0.5, 0.6) is 0 Å². The van der Waals surface area contributed by atoms with E-state index in [0.29, 0.717) is 36.9 Å². The van der Waals surface area contributed by atoms with Gasteiger partial charge in [-0.25, -0.2) is 9.37 Å². The average molecular weight is 560 g/mol. The molecule has 0 atom stereocenters. The number of nitrogens with zero attached hydrogens (tertiary/aromatic N) is 4. The van der Waals surface area contributed by atoms with Gasteiger partial charge in [0.15, 0.2) is 0 Å². The summed E-state index contributed by atoms with van der Waals surface area (Å²) in [5.41, 5.74) is 6.10. The van der Waals surface area contributed by atoms with Gasteiger partial charge in [-0.3, -0.25) is 5.41 Å². The number of alkyl halides is 3. The van der Waals surface area contributed by atoms with E-state index in [-0.39, 0.29) is 68.9 Å². The van der Waals surface area contributed by atoms with Crippen molar-refractivity contribution in [2.75, 3.05) is 33.2 Å². The SMILES string of the molecule is CC/C(C(=N)N1CCC(c2nc(-c3ccc(F)c(C(F)(F)F)c3)cn2C2CCNCC2)CC1)=C(\N)[N-]C.[K+]. The number of likely N-dealkylation sites (tertiary alicyclic amines) is 1. The van der Waals surface area contributed by atoms with E-state index >= 15 is 0 Å². The molecule has 2 saturated heterocycles. The molecule has 12 heteroatoms. The molecule has 4 rings (SSSR count). The summed E-state index contributed by atoms with van der Waals surface area (Å²) in [6.07, 6.45) is 0.958. The van der Waals surface area contributed by atoms with E-state index in [1.807, 2.05) is 18.0 Å². The summed E-state index contributed by atoms with van der Waals surface area (Å²) in [5, 5.41) is 16.0. The zero-order valence-corrected chi connectivity index (χ0v) is 25.3. The Balaban J connectivity index is 0.00000400. The third kappa shape index (κ3) is 6.82. The van der Waals surface area contributed by atoms with E-state index in [9.17, 15) is 17.6 Å². The van der Waals surface area contributed by atoms with Crippen LogP contribution in [0.15, 0.2) is 35.8 Å². The number of imidazole rings is 1. The van der Waals surface area contributed by atoms with Gasteiger partial charge in [0.1, 0.15) is 17.5 Å². The molecule has 2 aliphatic rings. The number of hydrogen-bond donors (Lipinski definition) is 3. The van der Waals surface area contributed by atoms with Gasteiger partial charge in [0.25, 0.3) is 0 Å². The van der Waals surface area contributed by atoms with Crippen LogP contribution in [-0.2, 0) is 6.18 Å². The number of hydrogen-bond acceptors (Lipinski definition) is 4. The second-order valence-electron chi connectivity index (χ2n) is 9.62. The summed E-state index contributed by atoms with van der Waals surface area (Å²) in [4.78, 5) is 6.83. The van der Waals surface area contributed by atoms with Crippen LogP contribution < -0.4 is 62.4 Å². The van der Waals surface area contributed by atoms with Crippen molar-refractivity contribution in [2.24, 2.45) is 5.73 Å². The minimum atomic E-state index is -4.78. The molecule has 0 unspecified atom stereocenters. The fourth-order valence-electron chi connectivity index (χ4n) is 5.29. The molecule has 2 aromatic rings. The van der Waals surface area contributed by atoms with E-state index in [0.717, 1.165) is 62.3 Å². The number of halogens is 4. The molecule has 202 valence electrons. The van der Waals surface area contributed by atoms with Crippen molar-refractivity contribution in [3.8, 4) is 11.3 Å². The van der Waals surface area contributed by atoms with E-state index in [2.05, 4.69) is 15.2 Å². The number of piperidine rings is 2. The molecule has 0 bridgehead atoms. The Morgan fingerprint density at radius 3 is 2.42 bits per heavy atom. The molecule has 0 spiro atoms. The number of amidine groups is 1. The molecule has 1 aromatic heterocycles. The van der Waals surface area contributed by atoms with Crippen LogP contribution in [0, 0.1) is 11.2 Å². The van der Waals surface area contributed by atoms with Crippen molar-refractivity contribution >= 4 is 5.84 Å². The van der Waals surface area contributed by atoms with Crippen LogP contribution in [-0.4, -0.2) is 53.5 Å². The largest absolute Gasteiger partial charge is 1.00 e. The van der Waals surface area contributed by atoms with Crippen molar-refractivity contribution in [3.05, 3.63) is 58.3 Å². The van der Waals surface area contributed by atoms with Gasteiger partial charge in [-0.15, -0.1) is 0 Å². The van der Waals surface area contributed by atoms with Gasteiger partial charge in [0, 0.05) is 36.8 Å². The van der Waals surface area contributed by atoms with Crippen LogP contribution >= 0.6 is 0 Å². The van der Waals surface area contributed by atoms with Crippen molar-refractivity contribution in [1.29, 1.82) is 5.41 Å².